The van der Waals surface area contributed by atoms with Gasteiger partial charge in [-0.1, -0.05) is 48.5 Å². The van der Waals surface area contributed by atoms with Crippen LogP contribution in [0, 0.1) is 0 Å². The van der Waals surface area contributed by atoms with Crippen molar-refractivity contribution in [1.82, 2.24) is 9.97 Å². The zero-order valence-corrected chi connectivity index (χ0v) is 16.7. The molecule has 0 spiro atoms. The third-order valence-electron chi connectivity index (χ3n) is 5.74. The number of aromatic nitrogens is 2. The molecule has 1 saturated heterocycles. The second kappa shape index (κ2) is 7.84. The van der Waals surface area contributed by atoms with Gasteiger partial charge in [-0.2, -0.15) is 4.98 Å². The summed E-state index contributed by atoms with van der Waals surface area (Å²) in [6.07, 6.45) is 3.51. The highest BCUT2D eigenvalue weighted by Crippen LogP contribution is 2.37. The van der Waals surface area contributed by atoms with Gasteiger partial charge in [0.2, 0.25) is 5.95 Å². The van der Waals surface area contributed by atoms with Crippen LogP contribution >= 0.6 is 0 Å². The fourth-order valence-corrected chi connectivity index (χ4v) is 4.28. The van der Waals surface area contributed by atoms with E-state index >= 15 is 0 Å². The van der Waals surface area contributed by atoms with E-state index in [1.165, 1.54) is 11.3 Å². The lowest BCUT2D eigenvalue weighted by molar-refractivity contribution is 0.120. The first kappa shape index (κ1) is 18.1. The predicted molar refractivity (Wildman–Crippen MR) is 117 cm³/mol. The van der Waals surface area contributed by atoms with E-state index < -0.39 is 0 Å². The summed E-state index contributed by atoms with van der Waals surface area (Å²) in [6.45, 7) is 3.87. The summed E-state index contributed by atoms with van der Waals surface area (Å²) in [6, 6.07) is 21.2. The zero-order chi connectivity index (χ0) is 19.6. The molecule has 2 aliphatic rings. The fraction of sp³-hybridized carbons (Fsp3) is 0.333. The van der Waals surface area contributed by atoms with Crippen LogP contribution in [0.4, 0.5) is 17.5 Å². The molecule has 1 fully saturated rings. The maximum Gasteiger partial charge on any atom is 0.232 e. The lowest BCUT2D eigenvalue weighted by atomic mass is 10.1. The first-order chi connectivity index (χ1) is 14.3. The van der Waals surface area contributed by atoms with Gasteiger partial charge < -0.3 is 15.0 Å². The summed E-state index contributed by atoms with van der Waals surface area (Å²) in [4.78, 5) is 12.1. The lowest BCUT2D eigenvalue weighted by Crippen LogP contribution is -2.26. The molecular formula is C24H26N4O. The van der Waals surface area contributed by atoms with Crippen LogP contribution in [0.3, 0.4) is 0 Å². The van der Waals surface area contributed by atoms with E-state index in [1.807, 2.05) is 24.3 Å². The van der Waals surface area contributed by atoms with Gasteiger partial charge in [0, 0.05) is 36.5 Å². The number of hydrogen-bond donors (Lipinski definition) is 1. The Morgan fingerprint density at radius 2 is 1.90 bits per heavy atom. The third kappa shape index (κ3) is 3.70. The Labute approximate surface area is 171 Å². The SMILES string of the molecule is CC1Cc2ccccc2N1c1nc(NCC2CCCO2)cc(-c2ccccc2)n1. The van der Waals surface area contributed by atoms with E-state index in [-0.39, 0.29) is 6.10 Å². The van der Waals surface area contributed by atoms with Gasteiger partial charge in [-0.05, 0) is 37.8 Å². The summed E-state index contributed by atoms with van der Waals surface area (Å²) in [5.41, 5.74) is 4.58. The number of nitrogens with zero attached hydrogens (tertiary/aromatic N) is 3. The van der Waals surface area contributed by atoms with Crippen molar-refractivity contribution < 1.29 is 4.74 Å². The summed E-state index contributed by atoms with van der Waals surface area (Å²) in [5, 5.41) is 3.50. The maximum absolute atomic E-state index is 5.77. The van der Waals surface area contributed by atoms with Gasteiger partial charge >= 0.3 is 0 Å². The van der Waals surface area contributed by atoms with Crippen LogP contribution in [0.25, 0.3) is 11.3 Å². The van der Waals surface area contributed by atoms with Crippen molar-refractivity contribution in [2.75, 3.05) is 23.4 Å². The second-order valence-electron chi connectivity index (χ2n) is 7.87. The molecule has 2 unspecified atom stereocenters. The highest BCUT2D eigenvalue weighted by Gasteiger charge is 2.29. The van der Waals surface area contributed by atoms with E-state index in [1.54, 1.807) is 0 Å². The lowest BCUT2D eigenvalue weighted by Gasteiger charge is -2.24. The Kier molecular flexibility index (Phi) is 4.90. The number of benzene rings is 2. The van der Waals surface area contributed by atoms with Gasteiger partial charge in [0.15, 0.2) is 0 Å². The average molecular weight is 386 g/mol. The van der Waals surface area contributed by atoms with E-state index in [4.69, 9.17) is 14.7 Å². The van der Waals surface area contributed by atoms with Gasteiger partial charge in [0.05, 0.1) is 11.8 Å². The Morgan fingerprint density at radius 1 is 1.07 bits per heavy atom. The maximum atomic E-state index is 5.77. The van der Waals surface area contributed by atoms with Crippen LogP contribution in [0.1, 0.15) is 25.3 Å². The van der Waals surface area contributed by atoms with Crippen LogP contribution in [-0.4, -0.2) is 35.3 Å². The Hall–Kier alpha value is -2.92. The molecule has 0 radical (unpaired) electrons. The molecule has 5 nitrogen and oxygen atoms in total. The van der Waals surface area contributed by atoms with E-state index in [0.717, 1.165) is 55.4 Å². The third-order valence-corrected chi connectivity index (χ3v) is 5.74. The molecule has 5 rings (SSSR count). The number of anilines is 3. The average Bonchev–Trinajstić information content (AvgIpc) is 3.39. The summed E-state index contributed by atoms with van der Waals surface area (Å²) in [7, 11) is 0. The molecule has 148 valence electrons. The van der Waals surface area contributed by atoms with Crippen molar-refractivity contribution >= 4 is 17.5 Å². The number of rotatable bonds is 5. The van der Waals surface area contributed by atoms with Gasteiger partial charge in [0.25, 0.3) is 0 Å². The predicted octanol–water partition coefficient (Wildman–Crippen LogP) is 4.82. The minimum atomic E-state index is 0.264. The zero-order valence-electron chi connectivity index (χ0n) is 16.7. The normalized spacial score (nSPS) is 20.7. The monoisotopic (exact) mass is 386 g/mol. The molecule has 3 heterocycles. The van der Waals surface area contributed by atoms with Crippen molar-refractivity contribution in [3.8, 4) is 11.3 Å². The van der Waals surface area contributed by atoms with Gasteiger partial charge in [-0.3, -0.25) is 0 Å². The Balaban J connectivity index is 1.52. The molecule has 5 heteroatoms. The minimum absolute atomic E-state index is 0.264. The van der Waals surface area contributed by atoms with Crippen LogP contribution in [0.5, 0.6) is 0 Å². The van der Waals surface area contributed by atoms with Gasteiger partial charge in [0.1, 0.15) is 5.82 Å². The van der Waals surface area contributed by atoms with Crippen molar-refractivity contribution in [3.05, 3.63) is 66.2 Å². The van der Waals surface area contributed by atoms with Crippen molar-refractivity contribution in [1.29, 1.82) is 0 Å². The Morgan fingerprint density at radius 3 is 2.72 bits per heavy atom. The molecule has 2 aromatic carbocycles. The largest absolute Gasteiger partial charge is 0.376 e. The number of fused-ring (bicyclic) bond motifs is 1. The smallest absolute Gasteiger partial charge is 0.232 e. The molecule has 0 aliphatic carbocycles. The number of ether oxygens (including phenoxy) is 1. The van der Waals surface area contributed by atoms with Crippen molar-refractivity contribution in [2.24, 2.45) is 0 Å². The second-order valence-corrected chi connectivity index (χ2v) is 7.87. The molecule has 1 N–H and O–H groups in total. The molecule has 3 aromatic rings. The van der Waals surface area contributed by atoms with Crippen molar-refractivity contribution in [2.45, 2.75) is 38.3 Å². The van der Waals surface area contributed by atoms with E-state index in [9.17, 15) is 0 Å². The van der Waals surface area contributed by atoms with Gasteiger partial charge in [-0.25, -0.2) is 4.98 Å². The van der Waals surface area contributed by atoms with Crippen LogP contribution in [0.15, 0.2) is 60.7 Å². The van der Waals surface area contributed by atoms with E-state index in [0.29, 0.717) is 6.04 Å². The standard InChI is InChI=1S/C24H26N4O/c1-17-14-19-10-5-6-12-22(19)28(17)24-26-21(18-8-3-2-4-9-18)15-23(27-24)25-16-20-11-7-13-29-20/h2-6,8-10,12,15,17,20H,7,11,13-14,16H2,1H3,(H,25,26,27). The quantitative estimate of drug-likeness (QED) is 0.681. The molecule has 0 saturated carbocycles. The number of nitrogens with one attached hydrogen (secondary N) is 1. The molecular weight excluding hydrogens is 360 g/mol. The summed E-state index contributed by atoms with van der Waals surface area (Å²) < 4.78 is 5.77. The highest BCUT2D eigenvalue weighted by atomic mass is 16.5. The van der Waals surface area contributed by atoms with E-state index in [2.05, 4.69) is 53.5 Å². The van der Waals surface area contributed by atoms with Crippen LogP contribution in [-0.2, 0) is 11.2 Å². The fourth-order valence-electron chi connectivity index (χ4n) is 4.28. The molecule has 0 bridgehead atoms. The highest BCUT2D eigenvalue weighted by molar-refractivity contribution is 5.71. The molecule has 0 amide bonds. The first-order valence-corrected chi connectivity index (χ1v) is 10.4. The number of para-hydroxylation sites is 1. The van der Waals surface area contributed by atoms with Gasteiger partial charge in [-0.15, -0.1) is 0 Å². The first-order valence-electron chi connectivity index (χ1n) is 10.4. The minimum Gasteiger partial charge on any atom is -0.376 e. The van der Waals surface area contributed by atoms with Crippen LogP contribution in [0.2, 0.25) is 0 Å². The molecule has 29 heavy (non-hydrogen) atoms. The number of hydrogen-bond acceptors (Lipinski definition) is 5. The summed E-state index contributed by atoms with van der Waals surface area (Å²) >= 11 is 0. The Bertz CT molecular complexity index is 985. The van der Waals surface area contributed by atoms with Crippen molar-refractivity contribution in [3.63, 3.8) is 0 Å². The molecule has 2 aliphatic heterocycles. The molecule has 2 atom stereocenters. The van der Waals surface area contributed by atoms with Crippen LogP contribution < -0.4 is 10.2 Å². The topological polar surface area (TPSA) is 50.3 Å². The molecule has 1 aromatic heterocycles. The summed E-state index contributed by atoms with van der Waals surface area (Å²) in [5.74, 6) is 1.60.